The van der Waals surface area contributed by atoms with E-state index < -0.39 is 11.7 Å². The summed E-state index contributed by atoms with van der Waals surface area (Å²) >= 11 is 1.44. The molecule has 0 spiro atoms. The molecule has 0 radical (unpaired) electrons. The van der Waals surface area contributed by atoms with Gasteiger partial charge in [0.05, 0.1) is 11.2 Å². The molecular formula is C31H31FN4O4S. The zero-order valence-electron chi connectivity index (χ0n) is 22.6. The highest BCUT2D eigenvalue weighted by atomic mass is 32.1. The number of aliphatic hydroxyl groups excluding tert-OH is 1. The van der Waals surface area contributed by atoms with Crippen LogP contribution in [0, 0.1) is 12.7 Å². The number of rotatable bonds is 9. The number of pyridine rings is 1. The highest BCUT2D eigenvalue weighted by molar-refractivity contribution is 7.09. The first-order chi connectivity index (χ1) is 19.9. The molecule has 2 aromatic heterocycles. The summed E-state index contributed by atoms with van der Waals surface area (Å²) in [6, 6.07) is 16.2. The van der Waals surface area contributed by atoms with Crippen molar-refractivity contribution in [2.45, 2.75) is 51.1 Å². The second-order valence-corrected chi connectivity index (χ2v) is 11.1. The summed E-state index contributed by atoms with van der Waals surface area (Å²) < 4.78 is 20.1. The molecule has 1 fully saturated rings. The van der Waals surface area contributed by atoms with Crippen LogP contribution >= 0.6 is 11.3 Å². The third-order valence-electron chi connectivity index (χ3n) is 7.05. The molecule has 41 heavy (non-hydrogen) atoms. The fourth-order valence-electron chi connectivity index (χ4n) is 4.89. The van der Waals surface area contributed by atoms with Gasteiger partial charge in [-0.05, 0) is 73.9 Å². The Morgan fingerprint density at radius 2 is 1.71 bits per heavy atom. The lowest BCUT2D eigenvalue weighted by Crippen LogP contribution is -2.44. The van der Waals surface area contributed by atoms with E-state index in [1.165, 1.54) is 11.3 Å². The van der Waals surface area contributed by atoms with Gasteiger partial charge in [0.2, 0.25) is 5.88 Å². The third kappa shape index (κ3) is 7.33. The number of thiazole rings is 1. The number of hydrogen-bond donors (Lipinski definition) is 3. The molecule has 0 aliphatic heterocycles. The van der Waals surface area contributed by atoms with E-state index in [1.54, 1.807) is 11.4 Å². The number of aryl methyl sites for hydroxylation is 1. The zero-order chi connectivity index (χ0) is 28.8. The minimum absolute atomic E-state index is 0.00514. The number of nitrogens with zero attached hydrogens (tertiary/aromatic N) is 2. The van der Waals surface area contributed by atoms with Crippen LogP contribution in [0.3, 0.4) is 0 Å². The Morgan fingerprint density at radius 3 is 2.37 bits per heavy atom. The van der Waals surface area contributed by atoms with Crippen LogP contribution in [-0.4, -0.2) is 45.6 Å². The van der Waals surface area contributed by atoms with Gasteiger partial charge in [-0.3, -0.25) is 9.59 Å². The van der Waals surface area contributed by atoms with Gasteiger partial charge in [-0.2, -0.15) is 0 Å². The molecule has 1 aliphatic rings. The first kappa shape index (κ1) is 28.4. The molecule has 4 aromatic rings. The average molecular weight is 575 g/mol. The number of aliphatic hydroxyl groups is 1. The number of halogens is 1. The average Bonchev–Trinajstić information content (AvgIpc) is 3.42. The molecule has 10 heteroatoms. The van der Waals surface area contributed by atoms with Crippen LogP contribution in [0.1, 0.15) is 57.1 Å². The number of ether oxygens (including phenoxy) is 1. The molecule has 0 atom stereocenters. The van der Waals surface area contributed by atoms with Crippen LogP contribution in [0.5, 0.6) is 11.6 Å². The SMILES string of the molecule is Cc1nc(C(=O)NC2CCC(NC(=O)c3cc(F)cnc3Oc3cccc(-c4ccc(CCO)cc4)c3)CC2)cs1. The summed E-state index contributed by atoms with van der Waals surface area (Å²) in [6.07, 6.45) is 4.37. The lowest BCUT2D eigenvalue weighted by molar-refractivity contribution is 0.0888. The Balaban J connectivity index is 1.21. The van der Waals surface area contributed by atoms with E-state index in [9.17, 15) is 14.0 Å². The fraction of sp³-hybridized carbons (Fsp3) is 0.290. The minimum atomic E-state index is -0.636. The first-order valence-corrected chi connectivity index (χ1v) is 14.4. The summed E-state index contributed by atoms with van der Waals surface area (Å²) in [6.45, 7) is 1.95. The van der Waals surface area contributed by atoms with Crippen LogP contribution < -0.4 is 15.4 Å². The third-order valence-corrected chi connectivity index (χ3v) is 7.82. The van der Waals surface area contributed by atoms with Crippen molar-refractivity contribution in [1.29, 1.82) is 0 Å². The van der Waals surface area contributed by atoms with Gasteiger partial charge >= 0.3 is 0 Å². The van der Waals surface area contributed by atoms with Gasteiger partial charge < -0.3 is 20.5 Å². The van der Waals surface area contributed by atoms with E-state index in [0.717, 1.165) is 34.0 Å². The Kier molecular flexibility index (Phi) is 9.01. The maximum Gasteiger partial charge on any atom is 0.270 e. The second kappa shape index (κ2) is 13.0. The summed E-state index contributed by atoms with van der Waals surface area (Å²) in [5, 5.41) is 17.7. The quantitative estimate of drug-likeness (QED) is 0.245. The molecule has 0 unspecified atom stereocenters. The van der Waals surface area contributed by atoms with Crippen molar-refractivity contribution < 1.29 is 23.8 Å². The predicted molar refractivity (Wildman–Crippen MR) is 155 cm³/mol. The summed E-state index contributed by atoms with van der Waals surface area (Å²) in [5.41, 5.74) is 3.35. The maximum atomic E-state index is 14.2. The highest BCUT2D eigenvalue weighted by Gasteiger charge is 2.26. The van der Waals surface area contributed by atoms with E-state index in [2.05, 4.69) is 20.6 Å². The molecule has 1 aliphatic carbocycles. The Labute approximate surface area is 241 Å². The van der Waals surface area contributed by atoms with Gasteiger partial charge in [-0.25, -0.2) is 14.4 Å². The summed E-state index contributed by atoms with van der Waals surface area (Å²) in [5.74, 6) is -0.811. The van der Waals surface area contributed by atoms with Gasteiger partial charge in [0.15, 0.2) is 0 Å². The van der Waals surface area contributed by atoms with E-state index in [-0.39, 0.29) is 36.0 Å². The van der Waals surface area contributed by atoms with Crippen molar-refractivity contribution in [2.24, 2.45) is 0 Å². The maximum absolute atomic E-state index is 14.2. The van der Waals surface area contributed by atoms with Crippen molar-refractivity contribution >= 4 is 23.2 Å². The van der Waals surface area contributed by atoms with E-state index in [1.807, 2.05) is 49.4 Å². The number of amides is 2. The van der Waals surface area contributed by atoms with Gasteiger partial charge in [0, 0.05) is 24.1 Å². The fourth-order valence-corrected chi connectivity index (χ4v) is 5.48. The van der Waals surface area contributed by atoms with Crippen molar-refractivity contribution in [3.8, 4) is 22.8 Å². The minimum Gasteiger partial charge on any atom is -0.438 e. The zero-order valence-corrected chi connectivity index (χ0v) is 23.4. The second-order valence-electron chi connectivity index (χ2n) is 10.1. The predicted octanol–water partition coefficient (Wildman–Crippen LogP) is 5.45. The monoisotopic (exact) mass is 574 g/mol. The Morgan fingerprint density at radius 1 is 1.00 bits per heavy atom. The number of carbonyl (C=O) groups is 2. The van der Waals surface area contributed by atoms with Crippen LogP contribution in [0.4, 0.5) is 4.39 Å². The smallest absolute Gasteiger partial charge is 0.270 e. The van der Waals surface area contributed by atoms with E-state index in [0.29, 0.717) is 43.5 Å². The number of aromatic nitrogens is 2. The molecule has 0 saturated heterocycles. The normalized spacial score (nSPS) is 16.7. The lowest BCUT2D eigenvalue weighted by atomic mass is 9.91. The highest BCUT2D eigenvalue weighted by Crippen LogP contribution is 2.29. The Hall–Kier alpha value is -4.15. The molecular weight excluding hydrogens is 543 g/mol. The van der Waals surface area contributed by atoms with Gasteiger partial charge in [0.25, 0.3) is 11.8 Å². The molecule has 3 N–H and O–H groups in total. The summed E-state index contributed by atoms with van der Waals surface area (Å²) in [4.78, 5) is 33.9. The van der Waals surface area contributed by atoms with E-state index >= 15 is 0 Å². The Bertz CT molecular complexity index is 1520. The van der Waals surface area contributed by atoms with Crippen molar-refractivity contribution in [1.82, 2.24) is 20.6 Å². The largest absolute Gasteiger partial charge is 0.438 e. The topological polar surface area (TPSA) is 113 Å². The van der Waals surface area contributed by atoms with Gasteiger partial charge in [-0.1, -0.05) is 36.4 Å². The van der Waals surface area contributed by atoms with Crippen molar-refractivity contribution in [3.05, 3.63) is 93.8 Å². The van der Waals surface area contributed by atoms with E-state index in [4.69, 9.17) is 9.84 Å². The molecule has 2 aromatic carbocycles. The number of nitrogens with one attached hydrogen (secondary N) is 2. The molecule has 5 rings (SSSR count). The van der Waals surface area contributed by atoms with Gasteiger partial charge in [-0.15, -0.1) is 11.3 Å². The van der Waals surface area contributed by atoms with Crippen LogP contribution in [0.2, 0.25) is 0 Å². The molecule has 2 heterocycles. The van der Waals surface area contributed by atoms with Gasteiger partial charge in [0.1, 0.15) is 22.8 Å². The summed E-state index contributed by atoms with van der Waals surface area (Å²) in [7, 11) is 0. The standard InChI is InChI=1S/C31H31FN4O4S/c1-19-34-28(18-41-19)30(39)36-25-11-9-24(10-12-25)35-29(38)27-16-23(32)17-33-31(27)40-26-4-2-3-22(15-26)21-7-5-20(6-8-21)13-14-37/h2-8,15-18,24-25,37H,9-14H2,1H3,(H,35,38)(H,36,39). The number of carbonyl (C=O) groups excluding carboxylic acids is 2. The molecule has 8 nitrogen and oxygen atoms in total. The van der Waals surface area contributed by atoms with Crippen molar-refractivity contribution in [3.63, 3.8) is 0 Å². The molecule has 0 bridgehead atoms. The molecule has 212 valence electrons. The lowest BCUT2D eigenvalue weighted by Gasteiger charge is -2.29. The number of benzene rings is 2. The van der Waals surface area contributed by atoms with Crippen molar-refractivity contribution in [2.75, 3.05) is 6.61 Å². The number of hydrogen-bond acceptors (Lipinski definition) is 7. The van der Waals surface area contributed by atoms with Crippen LogP contribution in [0.15, 0.2) is 66.2 Å². The molecule has 2 amide bonds. The van der Waals surface area contributed by atoms with Crippen LogP contribution in [0.25, 0.3) is 11.1 Å². The first-order valence-electron chi connectivity index (χ1n) is 13.6. The van der Waals surface area contributed by atoms with Crippen LogP contribution in [-0.2, 0) is 6.42 Å². The molecule has 1 saturated carbocycles.